The van der Waals surface area contributed by atoms with E-state index in [0.717, 1.165) is 10.9 Å². The summed E-state index contributed by atoms with van der Waals surface area (Å²) in [4.78, 5) is 16.5. The Morgan fingerprint density at radius 3 is 2.94 bits per heavy atom. The maximum absolute atomic E-state index is 10.7. The van der Waals surface area contributed by atoms with Gasteiger partial charge in [0.05, 0.1) is 16.9 Å². The quantitative estimate of drug-likeness (QED) is 0.779. The molecule has 2 aromatic rings. The summed E-state index contributed by atoms with van der Waals surface area (Å²) in [7, 11) is 1.70. The molecule has 0 unspecified atom stereocenters. The standard InChI is InChI=1S/C12H13N3O2/c1-15(7-11(16)17)10-5-4-9-8(12(10)13)3-2-6-14-9/h2-6H,7,13H2,1H3,(H,16,17). The highest BCUT2D eigenvalue weighted by molar-refractivity contribution is 5.97. The minimum Gasteiger partial charge on any atom is -0.480 e. The number of hydrogen-bond donors (Lipinski definition) is 2. The minimum absolute atomic E-state index is 0.0873. The van der Waals surface area contributed by atoms with E-state index < -0.39 is 5.97 Å². The Morgan fingerprint density at radius 1 is 1.47 bits per heavy atom. The molecular formula is C12H13N3O2. The lowest BCUT2D eigenvalue weighted by atomic mass is 10.1. The van der Waals surface area contributed by atoms with Crippen molar-refractivity contribution in [1.82, 2.24) is 4.98 Å². The van der Waals surface area contributed by atoms with Crippen molar-refractivity contribution in [2.24, 2.45) is 0 Å². The molecule has 0 spiro atoms. The smallest absolute Gasteiger partial charge is 0.323 e. The molecule has 3 N–H and O–H groups in total. The minimum atomic E-state index is -0.891. The van der Waals surface area contributed by atoms with Crippen LogP contribution in [0.5, 0.6) is 0 Å². The van der Waals surface area contributed by atoms with Gasteiger partial charge in [-0.15, -0.1) is 0 Å². The highest BCUT2D eigenvalue weighted by atomic mass is 16.4. The van der Waals surface area contributed by atoms with Gasteiger partial charge in [0.15, 0.2) is 0 Å². The second kappa shape index (κ2) is 4.29. The van der Waals surface area contributed by atoms with Crippen molar-refractivity contribution in [3.63, 3.8) is 0 Å². The summed E-state index contributed by atoms with van der Waals surface area (Å²) in [5.41, 5.74) is 8.08. The molecule has 0 amide bonds. The van der Waals surface area contributed by atoms with E-state index in [1.807, 2.05) is 12.1 Å². The molecule has 0 aliphatic rings. The van der Waals surface area contributed by atoms with E-state index in [2.05, 4.69) is 4.98 Å². The van der Waals surface area contributed by atoms with Crippen LogP contribution in [0.4, 0.5) is 11.4 Å². The van der Waals surface area contributed by atoms with Crippen LogP contribution in [0.3, 0.4) is 0 Å². The lowest BCUT2D eigenvalue weighted by Gasteiger charge is -2.19. The van der Waals surface area contributed by atoms with E-state index in [0.29, 0.717) is 11.4 Å². The molecule has 0 saturated heterocycles. The SMILES string of the molecule is CN(CC(=O)O)c1ccc2ncccc2c1N. The summed E-state index contributed by atoms with van der Waals surface area (Å²) >= 11 is 0. The van der Waals surface area contributed by atoms with Gasteiger partial charge in [0.1, 0.15) is 6.54 Å². The molecule has 1 aromatic heterocycles. The summed E-state index contributed by atoms with van der Waals surface area (Å²) in [6.07, 6.45) is 1.70. The van der Waals surface area contributed by atoms with E-state index in [1.165, 1.54) is 0 Å². The third-order valence-corrected chi connectivity index (χ3v) is 2.59. The first kappa shape index (κ1) is 11.2. The van der Waals surface area contributed by atoms with Crippen LogP contribution in [-0.4, -0.2) is 29.7 Å². The zero-order valence-electron chi connectivity index (χ0n) is 9.42. The molecule has 17 heavy (non-hydrogen) atoms. The molecule has 0 atom stereocenters. The molecule has 1 heterocycles. The number of nitrogen functional groups attached to an aromatic ring is 1. The summed E-state index contributed by atoms with van der Waals surface area (Å²) < 4.78 is 0. The summed E-state index contributed by atoms with van der Waals surface area (Å²) in [6, 6.07) is 7.29. The summed E-state index contributed by atoms with van der Waals surface area (Å²) in [5.74, 6) is -0.891. The van der Waals surface area contributed by atoms with E-state index in [-0.39, 0.29) is 6.54 Å². The van der Waals surface area contributed by atoms with Crippen molar-refractivity contribution in [2.45, 2.75) is 0 Å². The maximum Gasteiger partial charge on any atom is 0.323 e. The molecule has 0 saturated carbocycles. The van der Waals surface area contributed by atoms with Crippen molar-refractivity contribution < 1.29 is 9.90 Å². The Morgan fingerprint density at radius 2 is 2.24 bits per heavy atom. The van der Waals surface area contributed by atoms with Crippen LogP contribution < -0.4 is 10.6 Å². The Kier molecular flexibility index (Phi) is 2.82. The molecular weight excluding hydrogens is 218 g/mol. The van der Waals surface area contributed by atoms with Crippen LogP contribution in [0.2, 0.25) is 0 Å². The maximum atomic E-state index is 10.7. The van der Waals surface area contributed by atoms with Crippen molar-refractivity contribution >= 4 is 28.2 Å². The fourth-order valence-corrected chi connectivity index (χ4v) is 1.78. The Balaban J connectivity index is 2.48. The number of carboxylic acids is 1. The van der Waals surface area contributed by atoms with Gasteiger partial charge in [-0.2, -0.15) is 0 Å². The number of nitrogens with zero attached hydrogens (tertiary/aromatic N) is 2. The number of carboxylic acid groups (broad SMARTS) is 1. The van der Waals surface area contributed by atoms with Gasteiger partial charge in [0, 0.05) is 18.6 Å². The van der Waals surface area contributed by atoms with E-state index in [4.69, 9.17) is 10.8 Å². The molecule has 88 valence electrons. The largest absolute Gasteiger partial charge is 0.480 e. The van der Waals surface area contributed by atoms with Crippen molar-refractivity contribution in [2.75, 3.05) is 24.2 Å². The molecule has 0 aliphatic heterocycles. The number of aromatic nitrogens is 1. The first-order valence-electron chi connectivity index (χ1n) is 5.15. The number of anilines is 2. The molecule has 0 fully saturated rings. The van der Waals surface area contributed by atoms with Gasteiger partial charge in [-0.3, -0.25) is 9.78 Å². The Labute approximate surface area is 98.5 Å². The predicted molar refractivity (Wildman–Crippen MR) is 67.1 cm³/mol. The summed E-state index contributed by atoms with van der Waals surface area (Å²) in [6.45, 7) is -0.0873. The number of likely N-dealkylation sites (N-methyl/N-ethyl adjacent to an activating group) is 1. The van der Waals surface area contributed by atoms with E-state index >= 15 is 0 Å². The topological polar surface area (TPSA) is 79.5 Å². The van der Waals surface area contributed by atoms with Gasteiger partial charge < -0.3 is 15.7 Å². The monoisotopic (exact) mass is 231 g/mol. The Hall–Kier alpha value is -2.30. The van der Waals surface area contributed by atoms with Crippen molar-refractivity contribution in [3.05, 3.63) is 30.5 Å². The number of hydrogen-bond acceptors (Lipinski definition) is 4. The van der Waals surface area contributed by atoms with Crippen LogP contribution in [-0.2, 0) is 4.79 Å². The molecule has 0 bridgehead atoms. The zero-order chi connectivity index (χ0) is 12.4. The number of pyridine rings is 1. The number of rotatable bonds is 3. The van der Waals surface area contributed by atoms with Crippen LogP contribution in [0.15, 0.2) is 30.5 Å². The van der Waals surface area contributed by atoms with E-state index in [1.54, 1.807) is 30.3 Å². The highest BCUT2D eigenvalue weighted by Crippen LogP contribution is 2.29. The second-order valence-electron chi connectivity index (χ2n) is 3.82. The van der Waals surface area contributed by atoms with Gasteiger partial charge in [0.2, 0.25) is 0 Å². The van der Waals surface area contributed by atoms with Gasteiger partial charge in [-0.1, -0.05) is 0 Å². The normalized spacial score (nSPS) is 10.4. The number of benzene rings is 1. The lowest BCUT2D eigenvalue weighted by molar-refractivity contribution is -0.135. The van der Waals surface area contributed by atoms with Crippen LogP contribution in [0.25, 0.3) is 10.9 Å². The number of aliphatic carboxylic acids is 1. The number of fused-ring (bicyclic) bond motifs is 1. The third kappa shape index (κ3) is 2.13. The van der Waals surface area contributed by atoms with Crippen molar-refractivity contribution in [1.29, 1.82) is 0 Å². The molecule has 1 aromatic carbocycles. The first-order valence-corrected chi connectivity index (χ1v) is 5.15. The third-order valence-electron chi connectivity index (χ3n) is 2.59. The number of nitrogens with two attached hydrogens (primary N) is 1. The lowest BCUT2D eigenvalue weighted by Crippen LogP contribution is -2.25. The predicted octanol–water partition coefficient (Wildman–Crippen LogP) is 1.34. The van der Waals surface area contributed by atoms with Crippen LogP contribution in [0, 0.1) is 0 Å². The Bertz CT molecular complexity index is 569. The van der Waals surface area contributed by atoms with Gasteiger partial charge >= 0.3 is 5.97 Å². The van der Waals surface area contributed by atoms with Gasteiger partial charge in [-0.05, 0) is 24.3 Å². The average Bonchev–Trinajstić information content (AvgIpc) is 2.28. The summed E-state index contributed by atoms with van der Waals surface area (Å²) in [5, 5.41) is 9.59. The fourth-order valence-electron chi connectivity index (χ4n) is 1.78. The molecule has 0 aliphatic carbocycles. The van der Waals surface area contributed by atoms with Crippen LogP contribution in [0.1, 0.15) is 0 Å². The molecule has 0 radical (unpaired) electrons. The van der Waals surface area contributed by atoms with Crippen LogP contribution >= 0.6 is 0 Å². The fraction of sp³-hybridized carbons (Fsp3) is 0.167. The van der Waals surface area contributed by atoms with Crippen molar-refractivity contribution in [3.8, 4) is 0 Å². The average molecular weight is 231 g/mol. The highest BCUT2D eigenvalue weighted by Gasteiger charge is 2.11. The number of carbonyl (C=O) groups is 1. The molecule has 5 heteroatoms. The first-order chi connectivity index (χ1) is 8.09. The molecule has 2 rings (SSSR count). The van der Waals surface area contributed by atoms with Gasteiger partial charge in [-0.25, -0.2) is 0 Å². The molecule has 5 nitrogen and oxygen atoms in total. The van der Waals surface area contributed by atoms with E-state index in [9.17, 15) is 4.79 Å². The zero-order valence-corrected chi connectivity index (χ0v) is 9.42. The second-order valence-corrected chi connectivity index (χ2v) is 3.82. The van der Waals surface area contributed by atoms with Gasteiger partial charge in [0.25, 0.3) is 0 Å².